The minimum absolute atomic E-state index is 0.126. The number of para-hydroxylation sites is 1. The van der Waals surface area contributed by atoms with Crippen molar-refractivity contribution >= 4 is 22.7 Å². The van der Waals surface area contributed by atoms with Crippen LogP contribution in [0.5, 0.6) is 0 Å². The topological polar surface area (TPSA) is 53.1 Å². The number of aromatic nitrogens is 2. The van der Waals surface area contributed by atoms with Crippen LogP contribution in [0.3, 0.4) is 0 Å². The van der Waals surface area contributed by atoms with E-state index >= 15 is 0 Å². The van der Waals surface area contributed by atoms with Crippen LogP contribution in [-0.2, 0) is 6.54 Å². The van der Waals surface area contributed by atoms with E-state index in [2.05, 4.69) is 16.7 Å². The monoisotopic (exact) mass is 421 g/mol. The SMILES string of the molecule is Cc1ccc(F)c(CNCC2CCC(Nc3nc(N(C)C)c4ccccc4n3)CC2)c1. The van der Waals surface area contributed by atoms with Crippen molar-refractivity contribution in [1.82, 2.24) is 15.3 Å². The molecule has 6 heteroatoms. The van der Waals surface area contributed by atoms with Crippen LogP contribution in [0.2, 0.25) is 0 Å². The van der Waals surface area contributed by atoms with E-state index in [1.807, 2.05) is 56.3 Å². The number of fused-ring (bicyclic) bond motifs is 1. The highest BCUT2D eigenvalue weighted by atomic mass is 19.1. The summed E-state index contributed by atoms with van der Waals surface area (Å²) in [6.45, 7) is 3.51. The van der Waals surface area contributed by atoms with E-state index in [9.17, 15) is 4.39 Å². The Labute approximate surface area is 184 Å². The fourth-order valence-electron chi connectivity index (χ4n) is 4.41. The van der Waals surface area contributed by atoms with Gasteiger partial charge in [-0.25, -0.2) is 9.37 Å². The number of hydrogen-bond acceptors (Lipinski definition) is 5. The molecule has 0 atom stereocenters. The third-order valence-electron chi connectivity index (χ3n) is 6.14. The summed E-state index contributed by atoms with van der Waals surface area (Å²) in [7, 11) is 4.03. The molecule has 0 radical (unpaired) electrons. The van der Waals surface area contributed by atoms with Crippen molar-refractivity contribution in [3.63, 3.8) is 0 Å². The molecule has 1 aromatic heterocycles. The van der Waals surface area contributed by atoms with Gasteiger partial charge >= 0.3 is 0 Å². The lowest BCUT2D eigenvalue weighted by molar-refractivity contribution is 0.323. The molecule has 3 aromatic rings. The third kappa shape index (κ3) is 5.31. The summed E-state index contributed by atoms with van der Waals surface area (Å²) in [6.07, 6.45) is 4.49. The second-order valence-corrected chi connectivity index (χ2v) is 8.87. The Balaban J connectivity index is 1.30. The lowest BCUT2D eigenvalue weighted by Crippen LogP contribution is -2.31. The Hall–Kier alpha value is -2.73. The Kier molecular flexibility index (Phi) is 6.66. The smallest absolute Gasteiger partial charge is 0.225 e. The molecule has 1 fully saturated rings. The number of nitrogens with one attached hydrogen (secondary N) is 2. The first-order chi connectivity index (χ1) is 15.0. The molecule has 1 saturated carbocycles. The third-order valence-corrected chi connectivity index (χ3v) is 6.14. The average Bonchev–Trinajstić information content (AvgIpc) is 2.76. The van der Waals surface area contributed by atoms with Gasteiger partial charge in [0.2, 0.25) is 5.95 Å². The first kappa shape index (κ1) is 21.5. The van der Waals surface area contributed by atoms with Crippen LogP contribution >= 0.6 is 0 Å². The van der Waals surface area contributed by atoms with Gasteiger partial charge < -0.3 is 15.5 Å². The maximum absolute atomic E-state index is 13.9. The van der Waals surface area contributed by atoms with Gasteiger partial charge in [-0.15, -0.1) is 0 Å². The number of aryl methyl sites for hydroxylation is 1. The van der Waals surface area contributed by atoms with Gasteiger partial charge in [0, 0.05) is 37.6 Å². The predicted molar refractivity (Wildman–Crippen MR) is 126 cm³/mol. The molecule has 4 rings (SSSR count). The Morgan fingerprint density at radius 1 is 1.03 bits per heavy atom. The molecule has 164 valence electrons. The molecule has 0 bridgehead atoms. The van der Waals surface area contributed by atoms with Crippen molar-refractivity contribution in [1.29, 1.82) is 0 Å². The number of anilines is 2. The van der Waals surface area contributed by atoms with Crippen LogP contribution in [0.4, 0.5) is 16.2 Å². The highest BCUT2D eigenvalue weighted by molar-refractivity contribution is 5.90. The zero-order valence-electron chi connectivity index (χ0n) is 18.7. The van der Waals surface area contributed by atoms with Gasteiger partial charge in [-0.1, -0.05) is 29.8 Å². The molecule has 0 spiro atoms. The fraction of sp³-hybridized carbons (Fsp3) is 0.440. The molecule has 2 N–H and O–H groups in total. The van der Waals surface area contributed by atoms with Gasteiger partial charge in [0.1, 0.15) is 11.6 Å². The summed E-state index contributed by atoms with van der Waals surface area (Å²) in [5, 5.41) is 8.09. The number of nitrogens with zero attached hydrogens (tertiary/aromatic N) is 3. The normalized spacial score (nSPS) is 18.8. The summed E-state index contributed by atoms with van der Waals surface area (Å²) in [5.74, 6) is 2.15. The molecule has 1 heterocycles. The van der Waals surface area contributed by atoms with E-state index in [0.717, 1.165) is 60.1 Å². The first-order valence-corrected chi connectivity index (χ1v) is 11.2. The molecule has 0 saturated heterocycles. The lowest BCUT2D eigenvalue weighted by Gasteiger charge is -2.29. The molecule has 0 unspecified atom stereocenters. The van der Waals surface area contributed by atoms with Gasteiger partial charge in [-0.3, -0.25) is 0 Å². The standard InChI is InChI=1S/C25H32FN5/c1-17-8-13-22(26)19(14-17)16-27-15-18-9-11-20(12-10-18)28-25-29-23-7-5-4-6-21(23)24(30-25)31(2)3/h4-8,13-14,18,20,27H,9-12,15-16H2,1-3H3,(H,28,29,30). The van der Waals surface area contributed by atoms with Gasteiger partial charge in [-0.2, -0.15) is 4.98 Å². The highest BCUT2D eigenvalue weighted by Crippen LogP contribution is 2.28. The van der Waals surface area contributed by atoms with Crippen molar-refractivity contribution < 1.29 is 4.39 Å². The van der Waals surface area contributed by atoms with Crippen molar-refractivity contribution in [3.05, 3.63) is 59.4 Å². The van der Waals surface area contributed by atoms with Crippen molar-refractivity contribution in [3.8, 4) is 0 Å². The fourth-order valence-corrected chi connectivity index (χ4v) is 4.41. The Morgan fingerprint density at radius 2 is 1.81 bits per heavy atom. The van der Waals surface area contributed by atoms with Crippen LogP contribution in [-0.4, -0.2) is 36.6 Å². The van der Waals surface area contributed by atoms with Crippen molar-refractivity contribution in [2.24, 2.45) is 5.92 Å². The number of rotatable bonds is 7. The van der Waals surface area contributed by atoms with Crippen LogP contribution in [0.1, 0.15) is 36.8 Å². The van der Waals surface area contributed by atoms with E-state index in [1.165, 1.54) is 0 Å². The van der Waals surface area contributed by atoms with E-state index in [-0.39, 0.29) is 5.82 Å². The highest BCUT2D eigenvalue weighted by Gasteiger charge is 2.22. The van der Waals surface area contributed by atoms with Gasteiger partial charge in [0.25, 0.3) is 0 Å². The van der Waals surface area contributed by atoms with Crippen molar-refractivity contribution in [2.75, 3.05) is 30.9 Å². The zero-order chi connectivity index (χ0) is 21.8. The number of benzene rings is 2. The summed E-state index contributed by atoms with van der Waals surface area (Å²) in [4.78, 5) is 11.5. The van der Waals surface area contributed by atoms with Crippen LogP contribution in [0.15, 0.2) is 42.5 Å². The van der Waals surface area contributed by atoms with Crippen LogP contribution < -0.4 is 15.5 Å². The molecule has 2 aromatic carbocycles. The Morgan fingerprint density at radius 3 is 2.58 bits per heavy atom. The van der Waals surface area contributed by atoms with Gasteiger partial charge in [0.15, 0.2) is 0 Å². The van der Waals surface area contributed by atoms with E-state index in [0.29, 0.717) is 24.5 Å². The van der Waals surface area contributed by atoms with Crippen molar-refractivity contribution in [2.45, 2.75) is 45.2 Å². The second-order valence-electron chi connectivity index (χ2n) is 8.87. The molecular formula is C25H32FN5. The Bertz CT molecular complexity index is 1030. The summed E-state index contributed by atoms with van der Waals surface area (Å²) < 4.78 is 13.9. The maximum Gasteiger partial charge on any atom is 0.225 e. The quantitative estimate of drug-likeness (QED) is 0.568. The van der Waals surface area contributed by atoms with Crippen LogP contribution in [0, 0.1) is 18.7 Å². The minimum Gasteiger partial charge on any atom is -0.362 e. The lowest BCUT2D eigenvalue weighted by atomic mass is 9.86. The van der Waals surface area contributed by atoms with E-state index in [1.54, 1.807) is 6.07 Å². The summed E-state index contributed by atoms with van der Waals surface area (Å²) >= 11 is 0. The van der Waals surface area contributed by atoms with E-state index in [4.69, 9.17) is 9.97 Å². The number of halogens is 1. The summed E-state index contributed by atoms with van der Waals surface area (Å²) in [5.41, 5.74) is 2.81. The molecule has 1 aliphatic carbocycles. The maximum atomic E-state index is 13.9. The molecular weight excluding hydrogens is 389 g/mol. The zero-order valence-corrected chi connectivity index (χ0v) is 18.7. The largest absolute Gasteiger partial charge is 0.362 e. The first-order valence-electron chi connectivity index (χ1n) is 11.2. The second kappa shape index (κ2) is 9.60. The summed E-state index contributed by atoms with van der Waals surface area (Å²) in [6, 6.07) is 13.8. The van der Waals surface area contributed by atoms with Gasteiger partial charge in [-0.05, 0) is 63.3 Å². The molecule has 5 nitrogen and oxygen atoms in total. The molecule has 31 heavy (non-hydrogen) atoms. The predicted octanol–water partition coefficient (Wildman–Crippen LogP) is 4.90. The van der Waals surface area contributed by atoms with Gasteiger partial charge in [0.05, 0.1) is 5.52 Å². The van der Waals surface area contributed by atoms with E-state index < -0.39 is 0 Å². The van der Waals surface area contributed by atoms with Crippen LogP contribution in [0.25, 0.3) is 10.9 Å². The molecule has 1 aliphatic rings. The molecule has 0 aliphatic heterocycles. The molecule has 0 amide bonds. The minimum atomic E-state index is -0.126. The number of hydrogen-bond donors (Lipinski definition) is 2. The average molecular weight is 422 g/mol.